The number of rotatable bonds is 3. The maximum Gasteiger partial charge on any atom is 0.152 e. The first kappa shape index (κ1) is 12.4. The molecule has 0 bridgehead atoms. The van der Waals surface area contributed by atoms with Crippen LogP contribution in [0.4, 0.5) is 5.69 Å². The summed E-state index contributed by atoms with van der Waals surface area (Å²) in [6.45, 7) is 2.74. The van der Waals surface area contributed by atoms with E-state index < -0.39 is 0 Å². The molecule has 1 aromatic heterocycles. The first-order valence-corrected chi connectivity index (χ1v) is 6.43. The molecule has 1 aromatic carbocycles. The standard InChI is InChI=1S/C13H12BrClN2/c1-9-5-6-16-13(15)12(9)17-8-10-3-2-4-11(14)7-10/h2-7,17H,8H2,1H3. The van der Waals surface area contributed by atoms with E-state index in [1.807, 2.05) is 25.1 Å². The molecule has 17 heavy (non-hydrogen) atoms. The molecule has 4 heteroatoms. The third-order valence-electron chi connectivity index (χ3n) is 2.47. The number of aryl methyl sites for hydroxylation is 1. The van der Waals surface area contributed by atoms with Crippen molar-refractivity contribution in [1.82, 2.24) is 4.98 Å². The number of halogens is 2. The van der Waals surface area contributed by atoms with Gasteiger partial charge in [0.1, 0.15) is 0 Å². The third-order valence-corrected chi connectivity index (χ3v) is 3.25. The predicted molar refractivity (Wildman–Crippen MR) is 75.5 cm³/mol. The topological polar surface area (TPSA) is 24.9 Å². The summed E-state index contributed by atoms with van der Waals surface area (Å²) in [5.41, 5.74) is 3.19. The van der Waals surface area contributed by atoms with E-state index in [1.165, 1.54) is 5.56 Å². The van der Waals surface area contributed by atoms with E-state index in [9.17, 15) is 0 Å². The van der Waals surface area contributed by atoms with Crippen molar-refractivity contribution in [3.05, 3.63) is 57.3 Å². The Hall–Kier alpha value is -1.06. The molecule has 0 aliphatic carbocycles. The molecule has 0 amide bonds. The van der Waals surface area contributed by atoms with Crippen molar-refractivity contribution in [2.45, 2.75) is 13.5 Å². The fraction of sp³-hybridized carbons (Fsp3) is 0.154. The molecule has 1 N–H and O–H groups in total. The Morgan fingerprint density at radius 1 is 1.35 bits per heavy atom. The van der Waals surface area contributed by atoms with Crippen LogP contribution in [-0.4, -0.2) is 4.98 Å². The summed E-state index contributed by atoms with van der Waals surface area (Å²) in [4.78, 5) is 4.06. The summed E-state index contributed by atoms with van der Waals surface area (Å²) in [5.74, 6) is 0. The lowest BCUT2D eigenvalue weighted by atomic mass is 10.2. The summed E-state index contributed by atoms with van der Waals surface area (Å²) in [6.07, 6.45) is 1.71. The summed E-state index contributed by atoms with van der Waals surface area (Å²) in [6, 6.07) is 10.1. The van der Waals surface area contributed by atoms with Gasteiger partial charge in [0.2, 0.25) is 0 Å². The van der Waals surface area contributed by atoms with Gasteiger partial charge in [-0.25, -0.2) is 4.98 Å². The lowest BCUT2D eigenvalue weighted by molar-refractivity contribution is 1.12. The van der Waals surface area contributed by atoms with Crippen molar-refractivity contribution in [3.63, 3.8) is 0 Å². The highest BCUT2D eigenvalue weighted by Gasteiger charge is 2.04. The molecule has 0 aliphatic heterocycles. The molecule has 2 rings (SSSR count). The van der Waals surface area contributed by atoms with Crippen molar-refractivity contribution in [2.24, 2.45) is 0 Å². The van der Waals surface area contributed by atoms with Crippen LogP contribution in [0.3, 0.4) is 0 Å². The maximum atomic E-state index is 6.04. The van der Waals surface area contributed by atoms with E-state index >= 15 is 0 Å². The van der Waals surface area contributed by atoms with Gasteiger partial charge in [0.15, 0.2) is 5.15 Å². The molecule has 1 heterocycles. The number of nitrogens with zero attached hydrogens (tertiary/aromatic N) is 1. The molecular weight excluding hydrogens is 300 g/mol. The van der Waals surface area contributed by atoms with Crippen LogP contribution in [0.15, 0.2) is 41.0 Å². The molecule has 2 nitrogen and oxygen atoms in total. The Kier molecular flexibility index (Phi) is 4.02. The summed E-state index contributed by atoms with van der Waals surface area (Å²) in [5, 5.41) is 3.82. The zero-order chi connectivity index (χ0) is 12.3. The van der Waals surface area contributed by atoms with Crippen LogP contribution < -0.4 is 5.32 Å². The number of nitrogens with one attached hydrogen (secondary N) is 1. The van der Waals surface area contributed by atoms with Crippen LogP contribution in [-0.2, 0) is 6.54 Å². The highest BCUT2D eigenvalue weighted by Crippen LogP contribution is 2.23. The van der Waals surface area contributed by atoms with E-state index in [2.05, 4.69) is 38.4 Å². The van der Waals surface area contributed by atoms with Gasteiger partial charge in [-0.3, -0.25) is 0 Å². The second-order valence-corrected chi connectivity index (χ2v) is 5.05. The molecule has 0 fully saturated rings. The van der Waals surface area contributed by atoms with Crippen molar-refractivity contribution < 1.29 is 0 Å². The largest absolute Gasteiger partial charge is 0.378 e. The number of benzene rings is 1. The van der Waals surface area contributed by atoms with Gasteiger partial charge in [0.25, 0.3) is 0 Å². The Morgan fingerprint density at radius 2 is 2.18 bits per heavy atom. The Bertz CT molecular complexity index is 508. The van der Waals surface area contributed by atoms with Gasteiger partial charge in [-0.15, -0.1) is 0 Å². The number of pyridine rings is 1. The molecule has 88 valence electrons. The van der Waals surface area contributed by atoms with E-state index in [-0.39, 0.29) is 0 Å². The van der Waals surface area contributed by atoms with Crippen LogP contribution >= 0.6 is 27.5 Å². The first-order chi connectivity index (χ1) is 8.16. The Morgan fingerprint density at radius 3 is 2.88 bits per heavy atom. The van der Waals surface area contributed by atoms with Crippen molar-refractivity contribution in [3.8, 4) is 0 Å². The molecule has 0 radical (unpaired) electrons. The molecule has 0 saturated carbocycles. The fourth-order valence-electron chi connectivity index (χ4n) is 1.57. The van der Waals surface area contributed by atoms with Crippen molar-refractivity contribution in [2.75, 3.05) is 5.32 Å². The number of aromatic nitrogens is 1. The van der Waals surface area contributed by atoms with Crippen molar-refractivity contribution >= 4 is 33.2 Å². The Labute approximate surface area is 114 Å². The number of hydrogen-bond acceptors (Lipinski definition) is 2. The normalized spacial score (nSPS) is 10.3. The van der Waals surface area contributed by atoms with Gasteiger partial charge in [-0.05, 0) is 36.2 Å². The molecule has 0 atom stereocenters. The quantitative estimate of drug-likeness (QED) is 0.849. The second-order valence-electron chi connectivity index (χ2n) is 3.78. The van der Waals surface area contributed by atoms with E-state index in [0.29, 0.717) is 5.15 Å². The minimum absolute atomic E-state index is 0.514. The minimum Gasteiger partial charge on any atom is -0.378 e. The van der Waals surface area contributed by atoms with Gasteiger partial charge in [-0.1, -0.05) is 39.7 Å². The average Bonchev–Trinajstić information content (AvgIpc) is 2.28. The van der Waals surface area contributed by atoms with Crippen LogP contribution in [0, 0.1) is 6.92 Å². The zero-order valence-electron chi connectivity index (χ0n) is 9.37. The molecule has 0 aliphatic rings. The highest BCUT2D eigenvalue weighted by atomic mass is 79.9. The SMILES string of the molecule is Cc1ccnc(Cl)c1NCc1cccc(Br)c1. The van der Waals surface area contributed by atoms with Gasteiger partial charge in [-0.2, -0.15) is 0 Å². The monoisotopic (exact) mass is 310 g/mol. The van der Waals surface area contributed by atoms with E-state index in [1.54, 1.807) is 6.20 Å². The molecular formula is C13H12BrClN2. The molecule has 0 unspecified atom stereocenters. The highest BCUT2D eigenvalue weighted by molar-refractivity contribution is 9.10. The van der Waals surface area contributed by atoms with Crippen LogP contribution in [0.5, 0.6) is 0 Å². The summed E-state index contributed by atoms with van der Waals surface area (Å²) >= 11 is 9.50. The zero-order valence-corrected chi connectivity index (χ0v) is 11.7. The predicted octanol–water partition coefficient (Wildman–Crippen LogP) is 4.42. The van der Waals surface area contributed by atoms with Crippen LogP contribution in [0.25, 0.3) is 0 Å². The van der Waals surface area contributed by atoms with Gasteiger partial charge in [0, 0.05) is 17.2 Å². The van der Waals surface area contributed by atoms with Crippen molar-refractivity contribution in [1.29, 1.82) is 0 Å². The van der Waals surface area contributed by atoms with Gasteiger partial charge >= 0.3 is 0 Å². The van der Waals surface area contributed by atoms with Gasteiger partial charge in [0.05, 0.1) is 5.69 Å². The molecule has 0 spiro atoms. The Balaban J connectivity index is 2.13. The fourth-order valence-corrected chi connectivity index (χ4v) is 2.29. The van der Waals surface area contributed by atoms with Crippen LogP contribution in [0.2, 0.25) is 5.15 Å². The summed E-state index contributed by atoms with van der Waals surface area (Å²) < 4.78 is 1.07. The molecule has 2 aromatic rings. The smallest absolute Gasteiger partial charge is 0.152 e. The lowest BCUT2D eigenvalue weighted by Crippen LogP contribution is -2.02. The van der Waals surface area contributed by atoms with E-state index in [0.717, 1.165) is 22.3 Å². The minimum atomic E-state index is 0.514. The van der Waals surface area contributed by atoms with Crippen LogP contribution in [0.1, 0.15) is 11.1 Å². The van der Waals surface area contributed by atoms with E-state index in [4.69, 9.17) is 11.6 Å². The first-order valence-electron chi connectivity index (χ1n) is 5.26. The van der Waals surface area contributed by atoms with Gasteiger partial charge < -0.3 is 5.32 Å². The second kappa shape index (κ2) is 5.52. The third kappa shape index (κ3) is 3.20. The summed E-state index contributed by atoms with van der Waals surface area (Å²) in [7, 11) is 0. The molecule has 0 saturated heterocycles. The number of anilines is 1. The number of hydrogen-bond donors (Lipinski definition) is 1. The maximum absolute atomic E-state index is 6.04. The average molecular weight is 312 g/mol. The lowest BCUT2D eigenvalue weighted by Gasteiger charge is -2.10.